The van der Waals surface area contributed by atoms with E-state index in [2.05, 4.69) is 10.4 Å². The molecule has 1 aliphatic rings. The van der Waals surface area contributed by atoms with Crippen molar-refractivity contribution in [3.63, 3.8) is 0 Å². The Morgan fingerprint density at radius 2 is 1.92 bits per heavy atom. The molecule has 0 atom stereocenters. The van der Waals surface area contributed by atoms with Crippen molar-refractivity contribution in [2.45, 2.75) is 20.8 Å². The van der Waals surface area contributed by atoms with Crippen LogP contribution in [-0.4, -0.2) is 26.4 Å². The van der Waals surface area contributed by atoms with Crippen LogP contribution < -0.4 is 5.32 Å². The Labute approximate surface area is 156 Å². The number of carbonyl (C=O) groups excluding carboxylic acids is 1. The number of hydrogen-bond acceptors (Lipinski definition) is 5. The standard InChI is InChI=1S/C19H19N5OS/c1-11(13(3)20)16-12(2)17(26-18(16)21)19(25)23-14-9-22-24(10-14)15-7-5-4-6-8-15/h4-10,20-21H,1-3H3,(H,23,25)/b16-11-,20-13?,21-18?. The van der Waals surface area contributed by atoms with E-state index in [-0.39, 0.29) is 5.91 Å². The molecule has 6 nitrogen and oxygen atoms in total. The molecule has 2 aromatic rings. The molecule has 1 amide bonds. The molecule has 7 heteroatoms. The number of thioether (sulfide) groups is 1. The molecule has 26 heavy (non-hydrogen) atoms. The molecule has 132 valence electrons. The summed E-state index contributed by atoms with van der Waals surface area (Å²) in [6, 6.07) is 9.63. The van der Waals surface area contributed by atoms with E-state index in [4.69, 9.17) is 10.8 Å². The second-order valence-corrected chi connectivity index (χ2v) is 6.99. The Kier molecular flexibility index (Phi) is 4.90. The number of amides is 1. The van der Waals surface area contributed by atoms with Crippen molar-refractivity contribution in [3.8, 4) is 5.69 Å². The van der Waals surface area contributed by atoms with Gasteiger partial charge in [-0.15, -0.1) is 0 Å². The maximum atomic E-state index is 12.7. The van der Waals surface area contributed by atoms with Crippen LogP contribution in [0.5, 0.6) is 0 Å². The Morgan fingerprint density at radius 1 is 1.23 bits per heavy atom. The topological polar surface area (TPSA) is 94.6 Å². The maximum Gasteiger partial charge on any atom is 0.262 e. The van der Waals surface area contributed by atoms with Crippen molar-refractivity contribution < 1.29 is 4.79 Å². The van der Waals surface area contributed by atoms with Crippen molar-refractivity contribution in [1.82, 2.24) is 9.78 Å². The molecule has 3 N–H and O–H groups in total. The van der Waals surface area contributed by atoms with E-state index in [0.717, 1.165) is 28.6 Å². The van der Waals surface area contributed by atoms with Gasteiger partial charge in [0, 0.05) is 11.3 Å². The second-order valence-electron chi connectivity index (χ2n) is 5.97. The molecular formula is C19H19N5OS. The number of allylic oxidation sites excluding steroid dienone is 2. The van der Waals surface area contributed by atoms with E-state index >= 15 is 0 Å². The van der Waals surface area contributed by atoms with E-state index < -0.39 is 0 Å². The minimum absolute atomic E-state index is 0.268. The number of benzene rings is 1. The van der Waals surface area contributed by atoms with Crippen molar-refractivity contribution in [3.05, 3.63) is 64.3 Å². The number of carbonyl (C=O) groups is 1. The third-order valence-electron chi connectivity index (χ3n) is 4.15. The first-order chi connectivity index (χ1) is 12.4. The van der Waals surface area contributed by atoms with Gasteiger partial charge in [0.05, 0.1) is 33.7 Å². The largest absolute Gasteiger partial charge is 0.319 e. The zero-order valence-corrected chi connectivity index (χ0v) is 15.6. The summed E-state index contributed by atoms with van der Waals surface area (Å²) in [5, 5.41) is 23.3. The van der Waals surface area contributed by atoms with Gasteiger partial charge in [0.15, 0.2) is 0 Å². The Hall–Kier alpha value is -2.93. The lowest BCUT2D eigenvalue weighted by Crippen LogP contribution is -2.12. The lowest BCUT2D eigenvalue weighted by atomic mass is 10.00. The van der Waals surface area contributed by atoms with Gasteiger partial charge in [-0.05, 0) is 44.1 Å². The predicted octanol–water partition coefficient (Wildman–Crippen LogP) is 4.17. The van der Waals surface area contributed by atoms with Crippen LogP contribution in [0.25, 0.3) is 5.69 Å². The molecule has 2 heterocycles. The summed E-state index contributed by atoms with van der Waals surface area (Å²) in [6.07, 6.45) is 3.34. The van der Waals surface area contributed by atoms with Gasteiger partial charge < -0.3 is 10.7 Å². The van der Waals surface area contributed by atoms with Crippen LogP contribution in [0.15, 0.2) is 64.3 Å². The summed E-state index contributed by atoms with van der Waals surface area (Å²) in [6.45, 7) is 5.31. The third kappa shape index (κ3) is 3.39. The first-order valence-electron chi connectivity index (χ1n) is 8.04. The fourth-order valence-corrected chi connectivity index (χ4v) is 3.68. The van der Waals surface area contributed by atoms with Gasteiger partial charge in [-0.1, -0.05) is 30.0 Å². The summed E-state index contributed by atoms with van der Waals surface area (Å²) in [5.74, 6) is -0.268. The van der Waals surface area contributed by atoms with Crippen LogP contribution in [0.3, 0.4) is 0 Å². The molecule has 0 aliphatic carbocycles. The first kappa shape index (κ1) is 17.9. The second kappa shape index (κ2) is 7.13. The van der Waals surface area contributed by atoms with Crippen LogP contribution in [0.4, 0.5) is 5.69 Å². The van der Waals surface area contributed by atoms with Gasteiger partial charge in [0.1, 0.15) is 0 Å². The first-order valence-corrected chi connectivity index (χ1v) is 8.86. The molecule has 0 saturated heterocycles. The van der Waals surface area contributed by atoms with Crippen LogP contribution in [0, 0.1) is 10.8 Å². The molecule has 0 unspecified atom stereocenters. The van der Waals surface area contributed by atoms with Gasteiger partial charge in [-0.25, -0.2) is 4.68 Å². The smallest absolute Gasteiger partial charge is 0.262 e. The molecule has 0 fully saturated rings. The number of aromatic nitrogens is 2. The number of rotatable bonds is 4. The molecule has 0 spiro atoms. The summed E-state index contributed by atoms with van der Waals surface area (Å²) >= 11 is 1.13. The van der Waals surface area contributed by atoms with Crippen LogP contribution >= 0.6 is 11.8 Å². The van der Waals surface area contributed by atoms with E-state index in [1.165, 1.54) is 0 Å². The molecule has 1 aromatic carbocycles. The van der Waals surface area contributed by atoms with Crippen molar-refractivity contribution >= 4 is 34.1 Å². The van der Waals surface area contributed by atoms with E-state index in [1.54, 1.807) is 30.9 Å². The van der Waals surface area contributed by atoms with Gasteiger partial charge in [0.2, 0.25) is 0 Å². The Morgan fingerprint density at radius 3 is 2.58 bits per heavy atom. The average Bonchev–Trinajstić information content (AvgIpc) is 3.19. The Bertz CT molecular complexity index is 969. The highest BCUT2D eigenvalue weighted by Gasteiger charge is 2.29. The van der Waals surface area contributed by atoms with Crippen molar-refractivity contribution in [1.29, 1.82) is 10.8 Å². The highest BCUT2D eigenvalue weighted by atomic mass is 32.2. The number of anilines is 1. The highest BCUT2D eigenvalue weighted by Crippen LogP contribution is 2.39. The number of para-hydroxylation sites is 1. The van der Waals surface area contributed by atoms with E-state index in [1.807, 2.05) is 37.3 Å². The minimum atomic E-state index is -0.268. The van der Waals surface area contributed by atoms with Crippen LogP contribution in [0.2, 0.25) is 0 Å². The Balaban J connectivity index is 1.83. The fourth-order valence-electron chi connectivity index (χ4n) is 2.67. The predicted molar refractivity (Wildman–Crippen MR) is 106 cm³/mol. The number of nitrogens with one attached hydrogen (secondary N) is 3. The zero-order chi connectivity index (χ0) is 18.8. The van der Waals surface area contributed by atoms with Crippen LogP contribution in [0.1, 0.15) is 20.8 Å². The van der Waals surface area contributed by atoms with Gasteiger partial charge >= 0.3 is 0 Å². The normalized spacial score (nSPS) is 16.0. The molecule has 1 aliphatic heterocycles. The fraction of sp³-hybridized carbons (Fsp3) is 0.158. The molecular weight excluding hydrogens is 346 g/mol. The van der Waals surface area contributed by atoms with Gasteiger partial charge in [-0.2, -0.15) is 5.10 Å². The summed E-state index contributed by atoms with van der Waals surface area (Å²) in [5.41, 5.74) is 4.02. The average molecular weight is 365 g/mol. The van der Waals surface area contributed by atoms with Crippen LogP contribution in [-0.2, 0) is 4.79 Å². The highest BCUT2D eigenvalue weighted by molar-refractivity contribution is 8.18. The van der Waals surface area contributed by atoms with Crippen molar-refractivity contribution in [2.24, 2.45) is 0 Å². The van der Waals surface area contributed by atoms with E-state index in [9.17, 15) is 4.79 Å². The lowest BCUT2D eigenvalue weighted by molar-refractivity contribution is -0.112. The maximum absolute atomic E-state index is 12.7. The van der Waals surface area contributed by atoms with Crippen molar-refractivity contribution in [2.75, 3.05) is 5.32 Å². The SMILES string of the molecule is CC(=N)/C(C)=C1\C(=N)SC(C(=O)Nc2cnn(-c3ccccc3)c2)=C1C. The molecule has 3 rings (SSSR count). The molecule has 0 saturated carbocycles. The summed E-state index contributed by atoms with van der Waals surface area (Å²) < 4.78 is 1.69. The number of hydrogen-bond donors (Lipinski definition) is 3. The molecule has 1 aromatic heterocycles. The van der Waals surface area contributed by atoms with Gasteiger partial charge in [-0.3, -0.25) is 10.2 Å². The van der Waals surface area contributed by atoms with Gasteiger partial charge in [0.25, 0.3) is 5.91 Å². The molecule has 0 radical (unpaired) electrons. The number of nitrogens with zero attached hydrogens (tertiary/aromatic N) is 2. The summed E-state index contributed by atoms with van der Waals surface area (Å²) in [7, 11) is 0. The monoisotopic (exact) mass is 365 g/mol. The third-order valence-corrected chi connectivity index (χ3v) is 5.26. The lowest BCUT2D eigenvalue weighted by Gasteiger charge is -2.06. The minimum Gasteiger partial charge on any atom is -0.319 e. The molecule has 0 bridgehead atoms. The van der Waals surface area contributed by atoms with E-state index in [0.29, 0.717) is 26.9 Å². The quantitative estimate of drug-likeness (QED) is 0.710. The zero-order valence-electron chi connectivity index (χ0n) is 14.8. The summed E-state index contributed by atoms with van der Waals surface area (Å²) in [4.78, 5) is 13.1.